The fraction of sp³-hybridized carbons (Fsp3) is 0.190. The first-order valence-electron chi connectivity index (χ1n) is 9.15. The van der Waals surface area contributed by atoms with Crippen molar-refractivity contribution in [2.75, 3.05) is 16.8 Å². The van der Waals surface area contributed by atoms with Crippen molar-refractivity contribution in [2.45, 2.75) is 19.4 Å². The van der Waals surface area contributed by atoms with Crippen LogP contribution in [0.2, 0.25) is 10.0 Å². The molecule has 1 aliphatic heterocycles. The van der Waals surface area contributed by atoms with E-state index < -0.39 is 11.6 Å². The van der Waals surface area contributed by atoms with Crippen LogP contribution in [0.25, 0.3) is 5.69 Å². The van der Waals surface area contributed by atoms with Crippen LogP contribution < -0.4 is 15.8 Å². The van der Waals surface area contributed by atoms with Crippen LogP contribution in [-0.4, -0.2) is 28.3 Å². The summed E-state index contributed by atoms with van der Waals surface area (Å²) in [6.45, 7) is 2.37. The Hall–Kier alpha value is -2.83. The third kappa shape index (κ3) is 3.73. The summed E-state index contributed by atoms with van der Waals surface area (Å²) in [5, 5.41) is 7.73. The van der Waals surface area contributed by atoms with Gasteiger partial charge in [0.15, 0.2) is 0 Å². The summed E-state index contributed by atoms with van der Waals surface area (Å²) in [6.07, 6.45) is 2.27. The molecule has 0 saturated heterocycles. The van der Waals surface area contributed by atoms with Gasteiger partial charge in [-0.1, -0.05) is 41.4 Å². The number of hydrogen-bond donors (Lipinski definition) is 1. The quantitative estimate of drug-likeness (QED) is 0.683. The maximum atomic E-state index is 12.9. The van der Waals surface area contributed by atoms with Crippen molar-refractivity contribution >= 4 is 40.5 Å². The minimum absolute atomic E-state index is 0.0311. The molecule has 1 unspecified atom stereocenters. The SMILES string of the molecule is CC(Nc1cnn(-c2ccc(Cl)cc2)c(=O)c1Cl)C(=O)N1CCc2ccccc21. The molecule has 4 rings (SSSR count). The van der Waals surface area contributed by atoms with Crippen LogP contribution in [0.15, 0.2) is 59.5 Å². The van der Waals surface area contributed by atoms with Gasteiger partial charge in [-0.3, -0.25) is 9.59 Å². The Labute approximate surface area is 177 Å². The Morgan fingerprint density at radius 1 is 1.14 bits per heavy atom. The van der Waals surface area contributed by atoms with Gasteiger partial charge in [-0.15, -0.1) is 0 Å². The number of benzene rings is 2. The van der Waals surface area contributed by atoms with Gasteiger partial charge in [0.1, 0.15) is 11.1 Å². The number of fused-ring (bicyclic) bond motifs is 1. The maximum Gasteiger partial charge on any atom is 0.292 e. The van der Waals surface area contributed by atoms with Crippen molar-refractivity contribution in [1.82, 2.24) is 9.78 Å². The molecule has 1 aromatic heterocycles. The molecule has 2 heterocycles. The van der Waals surface area contributed by atoms with Crippen molar-refractivity contribution < 1.29 is 4.79 Å². The largest absolute Gasteiger partial charge is 0.371 e. The molecule has 0 aliphatic carbocycles. The lowest BCUT2D eigenvalue weighted by Crippen LogP contribution is -2.41. The highest BCUT2D eigenvalue weighted by Gasteiger charge is 2.28. The molecule has 0 saturated carbocycles. The van der Waals surface area contributed by atoms with Crippen molar-refractivity contribution in [2.24, 2.45) is 0 Å². The molecule has 0 spiro atoms. The predicted molar refractivity (Wildman–Crippen MR) is 115 cm³/mol. The Kier molecular flexibility index (Phi) is 5.30. The van der Waals surface area contributed by atoms with E-state index in [1.54, 1.807) is 36.1 Å². The zero-order valence-corrected chi connectivity index (χ0v) is 17.1. The summed E-state index contributed by atoms with van der Waals surface area (Å²) < 4.78 is 1.19. The maximum absolute atomic E-state index is 12.9. The zero-order valence-electron chi connectivity index (χ0n) is 15.6. The van der Waals surface area contributed by atoms with Crippen LogP contribution >= 0.6 is 23.2 Å². The number of amides is 1. The fourth-order valence-corrected chi connectivity index (χ4v) is 3.70. The predicted octanol–water partition coefficient (Wildman–Crippen LogP) is 3.93. The Bertz CT molecular complexity index is 1130. The topological polar surface area (TPSA) is 67.2 Å². The minimum Gasteiger partial charge on any atom is -0.371 e. The lowest BCUT2D eigenvalue weighted by atomic mass is 10.2. The number of carbonyl (C=O) groups excluding carboxylic acids is 1. The summed E-state index contributed by atoms with van der Waals surface area (Å²) in [6, 6.07) is 14.0. The van der Waals surface area contributed by atoms with Crippen LogP contribution in [0.3, 0.4) is 0 Å². The van der Waals surface area contributed by atoms with Crippen molar-refractivity contribution in [1.29, 1.82) is 0 Å². The van der Waals surface area contributed by atoms with Crippen LogP contribution in [0.4, 0.5) is 11.4 Å². The number of nitrogens with one attached hydrogen (secondary N) is 1. The lowest BCUT2D eigenvalue weighted by Gasteiger charge is -2.23. The van der Waals surface area contributed by atoms with Gasteiger partial charge < -0.3 is 10.2 Å². The molecule has 0 radical (unpaired) electrons. The second kappa shape index (κ2) is 7.89. The van der Waals surface area contributed by atoms with E-state index in [1.807, 2.05) is 24.3 Å². The number of carbonyl (C=O) groups is 1. The van der Waals surface area contributed by atoms with Gasteiger partial charge in [-0.2, -0.15) is 9.78 Å². The third-order valence-corrected chi connectivity index (χ3v) is 5.50. The van der Waals surface area contributed by atoms with E-state index >= 15 is 0 Å². The Morgan fingerprint density at radius 3 is 2.62 bits per heavy atom. The second-order valence-corrected chi connectivity index (χ2v) is 7.61. The van der Waals surface area contributed by atoms with Crippen LogP contribution in [0.1, 0.15) is 12.5 Å². The third-order valence-electron chi connectivity index (χ3n) is 4.89. The minimum atomic E-state index is -0.578. The monoisotopic (exact) mass is 428 g/mol. The molecule has 2 aromatic carbocycles. The first-order chi connectivity index (χ1) is 14.0. The van der Waals surface area contributed by atoms with E-state index in [2.05, 4.69) is 10.4 Å². The normalized spacial score (nSPS) is 13.8. The van der Waals surface area contributed by atoms with Gasteiger partial charge in [-0.25, -0.2) is 0 Å². The smallest absolute Gasteiger partial charge is 0.292 e. The Morgan fingerprint density at radius 2 is 1.86 bits per heavy atom. The molecule has 1 amide bonds. The van der Waals surface area contributed by atoms with Gasteiger partial charge in [0, 0.05) is 17.3 Å². The lowest BCUT2D eigenvalue weighted by molar-refractivity contribution is -0.118. The number of rotatable bonds is 4. The summed E-state index contributed by atoms with van der Waals surface area (Å²) in [7, 11) is 0. The number of aromatic nitrogens is 2. The van der Waals surface area contributed by atoms with E-state index in [-0.39, 0.29) is 10.9 Å². The second-order valence-electron chi connectivity index (χ2n) is 6.80. The van der Waals surface area contributed by atoms with E-state index in [4.69, 9.17) is 23.2 Å². The molecule has 148 valence electrons. The van der Waals surface area contributed by atoms with E-state index in [1.165, 1.54) is 10.9 Å². The van der Waals surface area contributed by atoms with E-state index in [0.29, 0.717) is 22.9 Å². The fourth-order valence-electron chi connectivity index (χ4n) is 3.40. The number of anilines is 2. The van der Waals surface area contributed by atoms with Crippen molar-refractivity contribution in [3.8, 4) is 5.69 Å². The van der Waals surface area contributed by atoms with Crippen LogP contribution in [0.5, 0.6) is 0 Å². The molecule has 1 atom stereocenters. The Balaban J connectivity index is 1.55. The number of halogens is 2. The molecule has 3 aromatic rings. The first-order valence-corrected chi connectivity index (χ1v) is 9.91. The van der Waals surface area contributed by atoms with Crippen molar-refractivity contribution in [3.63, 3.8) is 0 Å². The summed E-state index contributed by atoms with van der Waals surface area (Å²) in [5.41, 5.74) is 2.46. The first kappa shape index (κ1) is 19.5. The molecule has 8 heteroatoms. The highest BCUT2D eigenvalue weighted by molar-refractivity contribution is 6.33. The molecular formula is C21H18Cl2N4O2. The molecule has 0 fully saturated rings. The molecule has 0 bridgehead atoms. The number of para-hydroxylation sites is 1. The zero-order chi connectivity index (χ0) is 20.5. The molecule has 1 N–H and O–H groups in total. The summed E-state index contributed by atoms with van der Waals surface area (Å²) in [5.74, 6) is -0.0899. The van der Waals surface area contributed by atoms with Crippen molar-refractivity contribution in [3.05, 3.63) is 80.7 Å². The van der Waals surface area contributed by atoms with E-state index in [0.717, 1.165) is 17.7 Å². The average molecular weight is 429 g/mol. The molecule has 1 aliphatic rings. The molecular weight excluding hydrogens is 411 g/mol. The number of nitrogens with zero attached hydrogens (tertiary/aromatic N) is 3. The molecule has 6 nitrogen and oxygen atoms in total. The van der Waals surface area contributed by atoms with Gasteiger partial charge in [0.2, 0.25) is 5.91 Å². The summed E-state index contributed by atoms with van der Waals surface area (Å²) >= 11 is 12.2. The average Bonchev–Trinajstić information content (AvgIpc) is 3.16. The van der Waals surface area contributed by atoms with Crippen LogP contribution in [0, 0.1) is 0 Å². The van der Waals surface area contributed by atoms with Gasteiger partial charge in [-0.05, 0) is 49.2 Å². The number of hydrogen-bond acceptors (Lipinski definition) is 4. The molecule has 29 heavy (non-hydrogen) atoms. The highest BCUT2D eigenvalue weighted by Crippen LogP contribution is 2.28. The van der Waals surface area contributed by atoms with Gasteiger partial charge in [0.05, 0.1) is 17.6 Å². The van der Waals surface area contributed by atoms with Gasteiger partial charge >= 0.3 is 0 Å². The standard InChI is InChI=1S/C21H18Cl2N4O2/c1-13(20(28)26-11-10-14-4-2-3-5-18(14)26)25-17-12-24-27(21(29)19(17)23)16-8-6-15(22)7-9-16/h2-9,12-13,25H,10-11H2,1H3. The highest BCUT2D eigenvalue weighted by atomic mass is 35.5. The van der Waals surface area contributed by atoms with E-state index in [9.17, 15) is 9.59 Å². The summed E-state index contributed by atoms with van der Waals surface area (Å²) in [4.78, 5) is 27.3. The van der Waals surface area contributed by atoms with Gasteiger partial charge in [0.25, 0.3) is 5.56 Å². The van der Waals surface area contributed by atoms with Crippen LogP contribution in [-0.2, 0) is 11.2 Å².